The second kappa shape index (κ2) is 9.86. The first-order valence-electron chi connectivity index (χ1n) is 10.2. The number of ether oxygens (including phenoxy) is 1. The molecule has 4 aromatic rings. The summed E-state index contributed by atoms with van der Waals surface area (Å²) < 4.78 is 20.3. The Balaban J connectivity index is 1.29. The van der Waals surface area contributed by atoms with E-state index in [1.807, 2.05) is 31.2 Å². The summed E-state index contributed by atoms with van der Waals surface area (Å²) in [7, 11) is 0. The van der Waals surface area contributed by atoms with Crippen LogP contribution in [0.5, 0.6) is 5.75 Å². The molecule has 0 unspecified atom stereocenters. The molecule has 9 heteroatoms. The first-order valence-corrected chi connectivity index (χ1v) is 10.2. The molecule has 0 aliphatic rings. The number of nitrogens with zero attached hydrogens (tertiary/aromatic N) is 4. The monoisotopic (exact) mass is 434 g/mol. The Kier molecular flexibility index (Phi) is 6.54. The number of anilines is 1. The van der Waals surface area contributed by atoms with Crippen LogP contribution in [0.2, 0.25) is 0 Å². The van der Waals surface area contributed by atoms with Crippen molar-refractivity contribution in [3.63, 3.8) is 0 Å². The summed E-state index contributed by atoms with van der Waals surface area (Å²) in [5.74, 6) is 0.814. The van der Waals surface area contributed by atoms with E-state index in [4.69, 9.17) is 4.74 Å². The van der Waals surface area contributed by atoms with Crippen LogP contribution in [0, 0.1) is 12.7 Å². The maximum Gasteiger partial charge on any atom is 0.258 e. The number of halogens is 1. The number of rotatable bonds is 9. The lowest BCUT2D eigenvalue weighted by molar-refractivity contribution is -0.123. The van der Waals surface area contributed by atoms with Gasteiger partial charge in [0.15, 0.2) is 12.3 Å². The summed E-state index contributed by atoms with van der Waals surface area (Å²) in [6.07, 6.45) is 3.14. The molecule has 0 spiro atoms. The zero-order valence-electron chi connectivity index (χ0n) is 17.6. The Morgan fingerprint density at radius 2 is 1.88 bits per heavy atom. The lowest BCUT2D eigenvalue weighted by Crippen LogP contribution is -2.31. The maximum absolute atomic E-state index is 13.1. The van der Waals surface area contributed by atoms with Gasteiger partial charge in [0.25, 0.3) is 5.91 Å². The molecule has 0 saturated heterocycles. The highest BCUT2D eigenvalue weighted by Gasteiger charge is 2.10. The fourth-order valence-corrected chi connectivity index (χ4v) is 3.12. The SMILES string of the molecule is Cc1ccc(OCC(=O)NCCn2ncc3c(NCc4ccc(F)cc4)ncnc32)cc1. The molecule has 0 fully saturated rings. The van der Waals surface area contributed by atoms with Gasteiger partial charge < -0.3 is 15.4 Å². The van der Waals surface area contributed by atoms with E-state index in [1.54, 1.807) is 23.0 Å². The predicted octanol–water partition coefficient (Wildman–Crippen LogP) is 3.08. The van der Waals surface area contributed by atoms with E-state index < -0.39 is 0 Å². The van der Waals surface area contributed by atoms with Crippen LogP contribution in [0.4, 0.5) is 10.2 Å². The van der Waals surface area contributed by atoms with Crippen LogP contribution in [-0.4, -0.2) is 38.8 Å². The number of carbonyl (C=O) groups excluding carboxylic acids is 1. The number of aryl methyl sites for hydroxylation is 1. The van der Waals surface area contributed by atoms with Crippen molar-refractivity contribution in [2.45, 2.75) is 20.0 Å². The van der Waals surface area contributed by atoms with Gasteiger partial charge in [0.05, 0.1) is 18.1 Å². The van der Waals surface area contributed by atoms with Crippen LogP contribution in [0.25, 0.3) is 11.0 Å². The van der Waals surface area contributed by atoms with Crippen molar-refractivity contribution >= 4 is 22.8 Å². The van der Waals surface area contributed by atoms with E-state index in [9.17, 15) is 9.18 Å². The first kappa shape index (κ1) is 21.2. The number of fused-ring (bicyclic) bond motifs is 1. The number of hydrogen-bond donors (Lipinski definition) is 2. The van der Waals surface area contributed by atoms with Gasteiger partial charge in [-0.1, -0.05) is 29.8 Å². The van der Waals surface area contributed by atoms with Gasteiger partial charge in [-0.3, -0.25) is 4.79 Å². The third-order valence-electron chi connectivity index (χ3n) is 4.84. The number of amides is 1. The van der Waals surface area contributed by atoms with Gasteiger partial charge in [0, 0.05) is 13.1 Å². The highest BCUT2D eigenvalue weighted by Crippen LogP contribution is 2.19. The summed E-state index contributed by atoms with van der Waals surface area (Å²) in [4.78, 5) is 20.6. The third-order valence-corrected chi connectivity index (χ3v) is 4.84. The molecule has 2 heterocycles. The molecule has 0 aliphatic heterocycles. The highest BCUT2D eigenvalue weighted by atomic mass is 19.1. The zero-order valence-corrected chi connectivity index (χ0v) is 17.6. The Labute approximate surface area is 184 Å². The van der Waals surface area contributed by atoms with Crippen LogP contribution in [0.1, 0.15) is 11.1 Å². The van der Waals surface area contributed by atoms with E-state index in [0.717, 1.165) is 16.5 Å². The number of benzene rings is 2. The summed E-state index contributed by atoms with van der Waals surface area (Å²) in [6, 6.07) is 13.8. The topological polar surface area (TPSA) is 94.0 Å². The van der Waals surface area contributed by atoms with Crippen molar-refractivity contribution in [1.82, 2.24) is 25.1 Å². The lowest BCUT2D eigenvalue weighted by Gasteiger charge is -2.09. The quantitative estimate of drug-likeness (QED) is 0.421. The van der Waals surface area contributed by atoms with Crippen LogP contribution in [0.3, 0.4) is 0 Å². The number of aromatic nitrogens is 4. The molecule has 2 N–H and O–H groups in total. The van der Waals surface area contributed by atoms with Crippen molar-refractivity contribution in [3.8, 4) is 5.75 Å². The van der Waals surface area contributed by atoms with E-state index in [1.165, 1.54) is 18.5 Å². The number of hydrogen-bond acceptors (Lipinski definition) is 6. The standard InChI is InChI=1S/C23H23FN6O2/c1-16-2-8-19(9-3-16)32-14-21(31)25-10-11-30-23-20(13-29-30)22(27-15-28-23)26-12-17-4-6-18(24)7-5-17/h2-9,13,15H,10-12,14H2,1H3,(H,25,31)(H,26,27,28). The van der Waals surface area contributed by atoms with Gasteiger partial charge in [-0.05, 0) is 36.8 Å². The molecule has 0 saturated carbocycles. The average molecular weight is 434 g/mol. The summed E-state index contributed by atoms with van der Waals surface area (Å²) in [5.41, 5.74) is 2.72. The molecule has 32 heavy (non-hydrogen) atoms. The molecule has 0 aliphatic carbocycles. The van der Waals surface area contributed by atoms with E-state index in [2.05, 4.69) is 25.7 Å². The average Bonchev–Trinajstić information content (AvgIpc) is 3.22. The first-order chi connectivity index (χ1) is 15.6. The highest BCUT2D eigenvalue weighted by molar-refractivity contribution is 5.86. The van der Waals surface area contributed by atoms with Crippen LogP contribution in [0.15, 0.2) is 61.1 Å². The minimum absolute atomic E-state index is 0.0530. The molecule has 2 aromatic heterocycles. The Hall–Kier alpha value is -4.01. The van der Waals surface area contributed by atoms with Gasteiger partial charge in [0.2, 0.25) is 0 Å². The van der Waals surface area contributed by atoms with Gasteiger partial charge in [-0.25, -0.2) is 19.0 Å². The summed E-state index contributed by atoms with van der Waals surface area (Å²) >= 11 is 0. The summed E-state index contributed by atoms with van der Waals surface area (Å²) in [5, 5.41) is 11.2. The van der Waals surface area contributed by atoms with Crippen molar-refractivity contribution in [1.29, 1.82) is 0 Å². The molecule has 0 bridgehead atoms. The lowest BCUT2D eigenvalue weighted by atomic mass is 10.2. The predicted molar refractivity (Wildman–Crippen MR) is 119 cm³/mol. The Bertz CT molecular complexity index is 1190. The van der Waals surface area contributed by atoms with E-state index >= 15 is 0 Å². The summed E-state index contributed by atoms with van der Waals surface area (Å²) in [6.45, 7) is 3.27. The second-order valence-corrected chi connectivity index (χ2v) is 7.26. The number of nitrogens with one attached hydrogen (secondary N) is 2. The van der Waals surface area contributed by atoms with Gasteiger partial charge in [-0.15, -0.1) is 0 Å². The Morgan fingerprint density at radius 1 is 1.09 bits per heavy atom. The molecule has 164 valence electrons. The normalized spacial score (nSPS) is 10.8. The second-order valence-electron chi connectivity index (χ2n) is 7.26. The van der Waals surface area contributed by atoms with Crippen LogP contribution >= 0.6 is 0 Å². The molecule has 0 radical (unpaired) electrons. The largest absolute Gasteiger partial charge is 0.484 e. The third kappa shape index (κ3) is 5.37. The van der Waals surface area contributed by atoms with Crippen molar-refractivity contribution in [3.05, 3.63) is 78.0 Å². The van der Waals surface area contributed by atoms with Gasteiger partial charge >= 0.3 is 0 Å². The van der Waals surface area contributed by atoms with Crippen molar-refractivity contribution in [2.24, 2.45) is 0 Å². The van der Waals surface area contributed by atoms with E-state index in [0.29, 0.717) is 36.8 Å². The molecular formula is C23H23FN6O2. The molecule has 1 amide bonds. The smallest absolute Gasteiger partial charge is 0.258 e. The fraction of sp³-hybridized carbons (Fsp3) is 0.217. The number of carbonyl (C=O) groups is 1. The van der Waals surface area contributed by atoms with Gasteiger partial charge in [0.1, 0.15) is 23.7 Å². The molecule has 4 rings (SSSR count). The minimum atomic E-state index is -0.270. The molecule has 0 atom stereocenters. The Morgan fingerprint density at radius 3 is 2.66 bits per heavy atom. The zero-order chi connectivity index (χ0) is 22.3. The maximum atomic E-state index is 13.1. The molecular weight excluding hydrogens is 411 g/mol. The minimum Gasteiger partial charge on any atom is -0.484 e. The van der Waals surface area contributed by atoms with Crippen LogP contribution in [-0.2, 0) is 17.9 Å². The van der Waals surface area contributed by atoms with E-state index in [-0.39, 0.29) is 18.3 Å². The molecule has 2 aromatic carbocycles. The fourth-order valence-electron chi connectivity index (χ4n) is 3.12. The van der Waals surface area contributed by atoms with Crippen molar-refractivity contribution in [2.75, 3.05) is 18.5 Å². The van der Waals surface area contributed by atoms with Crippen LogP contribution < -0.4 is 15.4 Å². The van der Waals surface area contributed by atoms with Crippen molar-refractivity contribution < 1.29 is 13.9 Å². The van der Waals surface area contributed by atoms with Gasteiger partial charge in [-0.2, -0.15) is 5.10 Å². The molecule has 8 nitrogen and oxygen atoms in total.